The highest BCUT2D eigenvalue weighted by atomic mass is 16.5. The van der Waals surface area contributed by atoms with Crippen molar-refractivity contribution in [2.45, 2.75) is 6.54 Å². The van der Waals surface area contributed by atoms with Gasteiger partial charge in [0.15, 0.2) is 11.5 Å². The molecule has 6 heteroatoms. The second-order valence-electron chi connectivity index (χ2n) is 6.75. The molecule has 0 saturated carbocycles. The molecule has 0 aliphatic heterocycles. The summed E-state index contributed by atoms with van der Waals surface area (Å²) in [5.41, 5.74) is 5.42. The summed E-state index contributed by atoms with van der Waals surface area (Å²) in [5.74, 6) is 1.47. The largest absolute Gasteiger partial charge is 0.497 e. The maximum Gasteiger partial charge on any atom is 0.161 e. The van der Waals surface area contributed by atoms with Gasteiger partial charge in [0, 0.05) is 11.6 Å². The van der Waals surface area contributed by atoms with Gasteiger partial charge in [-0.2, -0.15) is 9.90 Å². The van der Waals surface area contributed by atoms with Crippen LogP contribution in [-0.2, 0) is 6.54 Å². The van der Waals surface area contributed by atoms with Gasteiger partial charge in [-0.1, -0.05) is 60.7 Å². The Morgan fingerprint density at radius 3 is 2.34 bits per heavy atom. The first-order chi connectivity index (χ1) is 14.3. The fraction of sp³-hybridized carbons (Fsp3) is 0.0870. The summed E-state index contributed by atoms with van der Waals surface area (Å²) < 4.78 is 5.32. The number of ether oxygens (including phenoxy) is 1. The lowest BCUT2D eigenvalue weighted by atomic mass is 10.1. The van der Waals surface area contributed by atoms with E-state index in [1.54, 1.807) is 11.9 Å². The molecule has 2 heterocycles. The van der Waals surface area contributed by atoms with Crippen LogP contribution < -0.4 is 4.74 Å². The second-order valence-corrected chi connectivity index (χ2v) is 6.75. The third kappa shape index (κ3) is 3.36. The Hall–Kier alpha value is -3.93. The van der Waals surface area contributed by atoms with Crippen molar-refractivity contribution >= 4 is 11.0 Å². The third-order valence-electron chi connectivity index (χ3n) is 4.78. The zero-order valence-corrected chi connectivity index (χ0v) is 15.9. The van der Waals surface area contributed by atoms with Crippen LogP contribution in [0.15, 0.2) is 78.9 Å². The lowest BCUT2D eigenvalue weighted by Crippen LogP contribution is -2.03. The minimum Gasteiger partial charge on any atom is -0.497 e. The summed E-state index contributed by atoms with van der Waals surface area (Å²) in [6.45, 7) is 0.592. The predicted octanol–water partition coefficient (Wildman–Crippen LogP) is 4.55. The molecule has 0 saturated heterocycles. The number of hydrogen-bond donors (Lipinski definition) is 1. The maximum absolute atomic E-state index is 5.32. The van der Waals surface area contributed by atoms with Crippen LogP contribution in [0.3, 0.4) is 0 Å². The van der Waals surface area contributed by atoms with E-state index in [-0.39, 0.29) is 0 Å². The van der Waals surface area contributed by atoms with Gasteiger partial charge < -0.3 is 9.72 Å². The standard InChI is InChI=1S/C23H19N5O/c1-29-18-12-13-19-20(14-18)25-23(24-19)22-21(17-10-6-3-7-11-17)26-28(27-22)15-16-8-4-2-5-9-16/h2-14H,15H2,1H3,(H,24,25). The average Bonchev–Trinajstić information content (AvgIpc) is 3.38. The first-order valence-corrected chi connectivity index (χ1v) is 9.39. The van der Waals surface area contributed by atoms with Gasteiger partial charge in [-0.25, -0.2) is 4.98 Å². The van der Waals surface area contributed by atoms with Crippen molar-refractivity contribution in [1.29, 1.82) is 0 Å². The summed E-state index contributed by atoms with van der Waals surface area (Å²) in [5, 5.41) is 9.55. The second kappa shape index (κ2) is 7.24. The van der Waals surface area contributed by atoms with Crippen molar-refractivity contribution in [1.82, 2.24) is 25.0 Å². The molecule has 0 aliphatic carbocycles. The summed E-state index contributed by atoms with van der Waals surface area (Å²) in [6, 6.07) is 26.0. The number of rotatable bonds is 5. The minimum atomic E-state index is 0.592. The normalized spacial score (nSPS) is 11.1. The molecule has 6 nitrogen and oxygen atoms in total. The van der Waals surface area contributed by atoms with E-state index >= 15 is 0 Å². The molecule has 0 radical (unpaired) electrons. The number of hydrogen-bond acceptors (Lipinski definition) is 4. The van der Waals surface area contributed by atoms with Gasteiger partial charge in [0.2, 0.25) is 0 Å². The van der Waals surface area contributed by atoms with E-state index in [4.69, 9.17) is 19.9 Å². The van der Waals surface area contributed by atoms with Crippen LogP contribution in [0.2, 0.25) is 0 Å². The summed E-state index contributed by atoms with van der Waals surface area (Å²) in [4.78, 5) is 9.83. The van der Waals surface area contributed by atoms with E-state index in [0.717, 1.165) is 39.3 Å². The van der Waals surface area contributed by atoms with E-state index in [0.29, 0.717) is 12.4 Å². The molecule has 0 amide bonds. The minimum absolute atomic E-state index is 0.592. The molecular formula is C23H19N5O. The van der Waals surface area contributed by atoms with Gasteiger partial charge in [0.1, 0.15) is 11.4 Å². The van der Waals surface area contributed by atoms with Crippen molar-refractivity contribution in [2.24, 2.45) is 0 Å². The summed E-state index contributed by atoms with van der Waals surface area (Å²) >= 11 is 0. The molecule has 0 atom stereocenters. The number of aromatic amines is 1. The number of H-pyrrole nitrogens is 1. The molecule has 1 N–H and O–H groups in total. The molecule has 0 spiro atoms. The Balaban J connectivity index is 1.62. The van der Waals surface area contributed by atoms with E-state index in [2.05, 4.69) is 17.1 Å². The van der Waals surface area contributed by atoms with Crippen LogP contribution in [0.1, 0.15) is 5.56 Å². The van der Waals surface area contributed by atoms with Gasteiger partial charge in [-0.15, -0.1) is 5.10 Å². The van der Waals surface area contributed by atoms with Gasteiger partial charge in [0.25, 0.3) is 0 Å². The van der Waals surface area contributed by atoms with Crippen LogP contribution >= 0.6 is 0 Å². The Kier molecular flexibility index (Phi) is 4.29. The smallest absolute Gasteiger partial charge is 0.161 e. The molecule has 0 bridgehead atoms. The highest BCUT2D eigenvalue weighted by molar-refractivity contribution is 5.83. The molecule has 142 valence electrons. The van der Waals surface area contributed by atoms with E-state index in [1.807, 2.05) is 66.7 Å². The Morgan fingerprint density at radius 2 is 1.59 bits per heavy atom. The maximum atomic E-state index is 5.32. The molecule has 3 aromatic carbocycles. The Bertz CT molecular complexity index is 1260. The van der Waals surface area contributed by atoms with E-state index in [1.165, 1.54) is 0 Å². The number of nitrogens with zero attached hydrogens (tertiary/aromatic N) is 4. The number of fused-ring (bicyclic) bond motifs is 1. The monoisotopic (exact) mass is 381 g/mol. The highest BCUT2D eigenvalue weighted by Gasteiger charge is 2.18. The van der Waals surface area contributed by atoms with Gasteiger partial charge in [-0.3, -0.25) is 0 Å². The predicted molar refractivity (Wildman–Crippen MR) is 113 cm³/mol. The summed E-state index contributed by atoms with van der Waals surface area (Å²) in [6.07, 6.45) is 0. The summed E-state index contributed by atoms with van der Waals surface area (Å²) in [7, 11) is 1.65. The quantitative estimate of drug-likeness (QED) is 0.485. The topological polar surface area (TPSA) is 68.6 Å². The van der Waals surface area contributed by atoms with Gasteiger partial charge in [0.05, 0.1) is 24.7 Å². The van der Waals surface area contributed by atoms with Crippen molar-refractivity contribution < 1.29 is 4.74 Å². The van der Waals surface area contributed by atoms with E-state index < -0.39 is 0 Å². The molecule has 0 aliphatic rings. The lowest BCUT2D eigenvalue weighted by Gasteiger charge is -1.99. The fourth-order valence-corrected chi connectivity index (χ4v) is 3.34. The van der Waals surface area contributed by atoms with Gasteiger partial charge in [-0.05, 0) is 17.7 Å². The van der Waals surface area contributed by atoms with E-state index in [9.17, 15) is 0 Å². The molecular weight excluding hydrogens is 362 g/mol. The number of nitrogens with one attached hydrogen (secondary N) is 1. The molecule has 5 aromatic rings. The Labute approximate surface area is 167 Å². The zero-order chi connectivity index (χ0) is 19.6. The number of methoxy groups -OCH3 is 1. The molecule has 0 unspecified atom stereocenters. The third-order valence-corrected chi connectivity index (χ3v) is 4.78. The van der Waals surface area contributed by atoms with Crippen LogP contribution in [-0.4, -0.2) is 32.1 Å². The van der Waals surface area contributed by atoms with Crippen LogP contribution in [0.4, 0.5) is 0 Å². The zero-order valence-electron chi connectivity index (χ0n) is 15.9. The number of imidazole rings is 1. The average molecular weight is 381 g/mol. The van der Waals surface area contributed by atoms with Crippen LogP contribution in [0.25, 0.3) is 33.8 Å². The fourth-order valence-electron chi connectivity index (χ4n) is 3.34. The molecule has 5 rings (SSSR count). The van der Waals surface area contributed by atoms with Crippen LogP contribution in [0, 0.1) is 0 Å². The first-order valence-electron chi connectivity index (χ1n) is 9.39. The Morgan fingerprint density at radius 1 is 0.862 bits per heavy atom. The van der Waals surface area contributed by atoms with Gasteiger partial charge >= 0.3 is 0 Å². The SMILES string of the molecule is COc1ccc2nc(-c3nn(Cc4ccccc4)nc3-c3ccccc3)[nH]c2c1. The first kappa shape index (κ1) is 17.2. The lowest BCUT2D eigenvalue weighted by molar-refractivity contribution is 0.415. The van der Waals surface area contributed by atoms with Crippen molar-refractivity contribution in [3.8, 4) is 28.5 Å². The number of benzene rings is 3. The van der Waals surface area contributed by atoms with Crippen molar-refractivity contribution in [2.75, 3.05) is 7.11 Å². The van der Waals surface area contributed by atoms with Crippen molar-refractivity contribution in [3.63, 3.8) is 0 Å². The molecule has 29 heavy (non-hydrogen) atoms. The number of aromatic nitrogens is 5. The van der Waals surface area contributed by atoms with Crippen molar-refractivity contribution in [3.05, 3.63) is 84.4 Å². The van der Waals surface area contributed by atoms with Crippen LogP contribution in [0.5, 0.6) is 5.75 Å². The molecule has 0 fully saturated rings. The molecule has 2 aromatic heterocycles. The highest BCUT2D eigenvalue weighted by Crippen LogP contribution is 2.29.